The van der Waals surface area contributed by atoms with Gasteiger partial charge >= 0.3 is 5.97 Å². The van der Waals surface area contributed by atoms with Crippen LogP contribution in [0.25, 0.3) is 0 Å². The normalized spacial score (nSPS) is 12.3. The Bertz CT molecular complexity index is 233. The maximum absolute atomic E-state index is 11.6. The molecule has 0 amide bonds. The Labute approximate surface area is 137 Å². The van der Waals surface area contributed by atoms with Gasteiger partial charge in [0, 0.05) is 5.75 Å². The van der Waals surface area contributed by atoms with Gasteiger partial charge in [0.05, 0.1) is 6.61 Å². The molecule has 0 aliphatic rings. The molecule has 0 fully saturated rings. The van der Waals surface area contributed by atoms with E-state index in [2.05, 4.69) is 24.9 Å². The van der Waals surface area contributed by atoms with Gasteiger partial charge in [-0.15, -0.1) is 0 Å². The van der Waals surface area contributed by atoms with E-state index < -0.39 is 0 Å². The monoisotopic (exact) mass is 317 g/mol. The third-order valence-corrected chi connectivity index (χ3v) is 4.17. The summed E-state index contributed by atoms with van der Waals surface area (Å²) in [6.45, 7) is 2.80. The summed E-state index contributed by atoms with van der Waals surface area (Å²) in [6, 6.07) is -0.277. The zero-order chi connectivity index (χ0) is 15.8. The molecule has 1 atom stereocenters. The Hall–Kier alpha value is -0.220. The lowest BCUT2D eigenvalue weighted by Gasteiger charge is -2.12. The van der Waals surface area contributed by atoms with Gasteiger partial charge in [-0.1, -0.05) is 71.1 Å². The van der Waals surface area contributed by atoms with Crippen LogP contribution in [-0.2, 0) is 9.53 Å². The fourth-order valence-electron chi connectivity index (χ4n) is 2.32. The number of likely N-dealkylation sites (N-methyl/N-ethyl adjacent to an activating group) is 1. The van der Waals surface area contributed by atoms with E-state index in [1.807, 2.05) is 0 Å². The highest BCUT2D eigenvalue weighted by Crippen LogP contribution is 2.11. The molecule has 1 unspecified atom stereocenters. The first-order valence-electron chi connectivity index (χ1n) is 8.71. The second kappa shape index (κ2) is 16.2. The zero-order valence-electron chi connectivity index (χ0n) is 14.0. The molecule has 3 nitrogen and oxygen atoms in total. The van der Waals surface area contributed by atoms with Crippen LogP contribution in [0.15, 0.2) is 0 Å². The van der Waals surface area contributed by atoms with Gasteiger partial charge in [0.1, 0.15) is 6.04 Å². The predicted octanol–water partition coefficient (Wildman–Crippen LogP) is 4.36. The quantitative estimate of drug-likeness (QED) is 0.268. The molecule has 0 radical (unpaired) electrons. The minimum Gasteiger partial charge on any atom is -0.465 e. The van der Waals surface area contributed by atoms with E-state index in [0.717, 1.165) is 12.8 Å². The number of esters is 1. The van der Waals surface area contributed by atoms with Crippen LogP contribution < -0.4 is 5.32 Å². The lowest BCUT2D eigenvalue weighted by molar-refractivity contribution is -0.145. The number of carbonyl (C=O) groups excluding carboxylic acids is 1. The standard InChI is InChI=1S/C17H35NO2S/c1-3-4-5-6-7-8-9-10-11-12-13-14-20-17(19)16(15-21)18-2/h16,18,21H,3-15H2,1-2H3. The summed E-state index contributed by atoms with van der Waals surface area (Å²) < 4.78 is 5.22. The SMILES string of the molecule is CCCCCCCCCCCCCOC(=O)C(CS)NC. The van der Waals surface area contributed by atoms with Crippen molar-refractivity contribution in [2.75, 3.05) is 19.4 Å². The van der Waals surface area contributed by atoms with Gasteiger partial charge in [0.15, 0.2) is 0 Å². The van der Waals surface area contributed by atoms with Gasteiger partial charge in [0.2, 0.25) is 0 Å². The van der Waals surface area contributed by atoms with Crippen molar-refractivity contribution < 1.29 is 9.53 Å². The van der Waals surface area contributed by atoms with Gasteiger partial charge in [-0.2, -0.15) is 12.6 Å². The van der Waals surface area contributed by atoms with Crippen LogP contribution >= 0.6 is 12.6 Å². The topological polar surface area (TPSA) is 38.3 Å². The first kappa shape index (κ1) is 20.8. The van der Waals surface area contributed by atoms with Crippen molar-refractivity contribution in [2.45, 2.75) is 83.6 Å². The van der Waals surface area contributed by atoms with Crippen molar-refractivity contribution in [1.82, 2.24) is 5.32 Å². The molecule has 0 rings (SSSR count). The second-order valence-electron chi connectivity index (χ2n) is 5.73. The summed E-state index contributed by atoms with van der Waals surface area (Å²) in [5.74, 6) is 0.299. The Kier molecular flexibility index (Phi) is 16.0. The number of hydrogen-bond donors (Lipinski definition) is 2. The maximum Gasteiger partial charge on any atom is 0.323 e. The van der Waals surface area contributed by atoms with Crippen molar-refractivity contribution in [3.05, 3.63) is 0 Å². The highest BCUT2D eigenvalue weighted by Gasteiger charge is 2.15. The number of nitrogens with one attached hydrogen (secondary N) is 1. The van der Waals surface area contributed by atoms with Crippen LogP contribution in [0.3, 0.4) is 0 Å². The highest BCUT2D eigenvalue weighted by molar-refractivity contribution is 7.80. The average molecular weight is 318 g/mol. The molecule has 0 saturated carbocycles. The Morgan fingerprint density at radius 2 is 1.43 bits per heavy atom. The third-order valence-electron chi connectivity index (χ3n) is 3.81. The van der Waals surface area contributed by atoms with Crippen LogP contribution in [0.2, 0.25) is 0 Å². The van der Waals surface area contributed by atoms with E-state index in [0.29, 0.717) is 12.4 Å². The summed E-state index contributed by atoms with van der Waals surface area (Å²) in [5, 5.41) is 2.89. The fourth-order valence-corrected chi connectivity index (χ4v) is 2.65. The van der Waals surface area contributed by atoms with Gasteiger partial charge in [-0.3, -0.25) is 4.79 Å². The molecule has 0 aromatic heterocycles. The van der Waals surface area contributed by atoms with Crippen molar-refractivity contribution in [1.29, 1.82) is 0 Å². The zero-order valence-corrected chi connectivity index (χ0v) is 14.9. The van der Waals surface area contributed by atoms with E-state index in [1.54, 1.807) is 7.05 Å². The van der Waals surface area contributed by atoms with Gasteiger partial charge in [-0.05, 0) is 13.5 Å². The number of carbonyl (C=O) groups is 1. The lowest BCUT2D eigenvalue weighted by atomic mass is 10.1. The first-order valence-corrected chi connectivity index (χ1v) is 9.34. The van der Waals surface area contributed by atoms with Crippen LogP contribution in [0.5, 0.6) is 0 Å². The van der Waals surface area contributed by atoms with E-state index >= 15 is 0 Å². The summed E-state index contributed by atoms with van der Waals surface area (Å²) in [6.07, 6.45) is 14.4. The molecule has 0 saturated heterocycles. The largest absolute Gasteiger partial charge is 0.465 e. The van der Waals surface area contributed by atoms with Crippen LogP contribution in [0.1, 0.15) is 77.6 Å². The van der Waals surface area contributed by atoms with Crippen molar-refractivity contribution >= 4 is 18.6 Å². The summed E-state index contributed by atoms with van der Waals surface area (Å²) >= 11 is 4.11. The molecule has 0 aromatic carbocycles. The van der Waals surface area contributed by atoms with Crippen LogP contribution in [0, 0.1) is 0 Å². The van der Waals surface area contributed by atoms with Gasteiger partial charge in [-0.25, -0.2) is 0 Å². The minimum absolute atomic E-state index is 0.181. The fraction of sp³-hybridized carbons (Fsp3) is 0.941. The third kappa shape index (κ3) is 13.2. The summed E-state index contributed by atoms with van der Waals surface area (Å²) in [4.78, 5) is 11.6. The maximum atomic E-state index is 11.6. The number of unbranched alkanes of at least 4 members (excludes halogenated alkanes) is 10. The molecule has 0 spiro atoms. The molecular formula is C17H35NO2S. The van der Waals surface area contributed by atoms with E-state index in [-0.39, 0.29) is 12.0 Å². The summed E-state index contributed by atoms with van der Waals surface area (Å²) in [7, 11) is 1.75. The lowest BCUT2D eigenvalue weighted by Crippen LogP contribution is -2.37. The number of hydrogen-bond acceptors (Lipinski definition) is 4. The van der Waals surface area contributed by atoms with Gasteiger partial charge in [0.25, 0.3) is 0 Å². The van der Waals surface area contributed by atoms with Crippen molar-refractivity contribution in [2.24, 2.45) is 0 Å². The molecule has 0 heterocycles. The molecule has 4 heteroatoms. The van der Waals surface area contributed by atoms with E-state index in [4.69, 9.17) is 4.74 Å². The van der Waals surface area contributed by atoms with Gasteiger partial charge < -0.3 is 10.1 Å². The molecule has 0 bridgehead atoms. The molecular weight excluding hydrogens is 282 g/mol. The molecule has 1 N–H and O–H groups in total. The molecule has 0 aliphatic carbocycles. The molecule has 0 aliphatic heterocycles. The Balaban J connectivity index is 3.20. The minimum atomic E-state index is -0.277. The van der Waals surface area contributed by atoms with Crippen molar-refractivity contribution in [3.63, 3.8) is 0 Å². The molecule has 0 aromatic rings. The predicted molar refractivity (Wildman–Crippen MR) is 94.1 cm³/mol. The van der Waals surface area contributed by atoms with Crippen LogP contribution in [0.4, 0.5) is 0 Å². The average Bonchev–Trinajstić information content (AvgIpc) is 2.49. The summed E-state index contributed by atoms with van der Waals surface area (Å²) in [5.41, 5.74) is 0. The molecule has 126 valence electrons. The molecule has 21 heavy (non-hydrogen) atoms. The van der Waals surface area contributed by atoms with Crippen LogP contribution in [-0.4, -0.2) is 31.4 Å². The Morgan fingerprint density at radius 3 is 1.86 bits per heavy atom. The number of ether oxygens (including phenoxy) is 1. The first-order chi connectivity index (χ1) is 10.3. The Morgan fingerprint density at radius 1 is 0.952 bits per heavy atom. The van der Waals surface area contributed by atoms with E-state index in [1.165, 1.54) is 57.8 Å². The second-order valence-corrected chi connectivity index (χ2v) is 6.09. The van der Waals surface area contributed by atoms with E-state index in [9.17, 15) is 4.79 Å². The van der Waals surface area contributed by atoms with Crippen molar-refractivity contribution in [3.8, 4) is 0 Å². The highest BCUT2D eigenvalue weighted by atomic mass is 32.1. The number of thiol groups is 1. The number of rotatable bonds is 15. The smallest absolute Gasteiger partial charge is 0.323 e.